The van der Waals surface area contributed by atoms with Crippen LogP contribution in [0.2, 0.25) is 0 Å². The third kappa shape index (κ3) is 6.86. The number of hydrogen-bond donors (Lipinski definition) is 1. The Morgan fingerprint density at radius 1 is 1.11 bits per heavy atom. The number of likely N-dealkylation sites (tertiary alicyclic amines) is 2. The molecule has 0 spiro atoms. The number of carbonyl (C=O) groups excluding carboxylic acids is 2. The Morgan fingerprint density at radius 2 is 1.83 bits per heavy atom. The number of nitrogens with zero attached hydrogens (tertiary/aromatic N) is 7. The summed E-state index contributed by atoms with van der Waals surface area (Å²) in [6.07, 6.45) is 0.320. The van der Waals surface area contributed by atoms with E-state index in [4.69, 9.17) is 15.2 Å². The number of likely N-dealkylation sites (N-methyl/N-ethyl adjacent to an activating group) is 1. The van der Waals surface area contributed by atoms with Crippen LogP contribution in [0.4, 0.5) is 34.0 Å². The van der Waals surface area contributed by atoms with Gasteiger partial charge in [-0.25, -0.2) is 14.2 Å². The van der Waals surface area contributed by atoms with Gasteiger partial charge in [0.25, 0.3) is 0 Å². The molecule has 0 radical (unpaired) electrons. The van der Waals surface area contributed by atoms with Crippen LogP contribution in [0, 0.1) is 12.7 Å². The van der Waals surface area contributed by atoms with Gasteiger partial charge in [0.05, 0.1) is 24.1 Å². The average Bonchev–Trinajstić information content (AvgIpc) is 3.44. The molecule has 2 atom stereocenters. The topological polar surface area (TPSA) is 140 Å². The van der Waals surface area contributed by atoms with E-state index in [1.807, 2.05) is 0 Å². The molecule has 0 aromatic carbocycles. The Labute approximate surface area is 268 Å². The Hall–Kier alpha value is -4.76. The average molecular weight is 661 g/mol. The number of carbonyl (C=O) groups is 2. The predicted molar refractivity (Wildman–Crippen MR) is 165 cm³/mol. The number of halogens is 4. The lowest BCUT2D eigenvalue weighted by molar-refractivity contribution is -0.137. The molecule has 2 N–H and O–H groups in total. The third-order valence-corrected chi connectivity index (χ3v) is 8.08. The second kappa shape index (κ2) is 12.4. The minimum absolute atomic E-state index is 0.126. The summed E-state index contributed by atoms with van der Waals surface area (Å²) in [7, 11) is 2.99. The van der Waals surface area contributed by atoms with Crippen LogP contribution in [0.25, 0.3) is 22.3 Å². The molecular formula is C31H36F4N8O4. The first-order valence-corrected chi connectivity index (χ1v) is 14.9. The molecule has 47 heavy (non-hydrogen) atoms. The van der Waals surface area contributed by atoms with Crippen LogP contribution in [0.1, 0.15) is 44.7 Å². The number of hydrogen-bond acceptors (Lipinski definition) is 10. The number of nitrogens with two attached hydrogens (primary N) is 1. The number of methoxy groups -OCH3 is 1. The van der Waals surface area contributed by atoms with Crippen LogP contribution in [0.5, 0.6) is 6.01 Å². The molecule has 12 nitrogen and oxygen atoms in total. The molecule has 2 aliphatic heterocycles. The maximum Gasteiger partial charge on any atom is 0.418 e. The van der Waals surface area contributed by atoms with Crippen molar-refractivity contribution >= 4 is 34.5 Å². The molecule has 5 rings (SSSR count). The Morgan fingerprint density at radius 3 is 2.45 bits per heavy atom. The van der Waals surface area contributed by atoms with Gasteiger partial charge in [0.2, 0.25) is 5.91 Å². The van der Waals surface area contributed by atoms with Gasteiger partial charge in [0, 0.05) is 45.0 Å². The monoisotopic (exact) mass is 660 g/mol. The van der Waals surface area contributed by atoms with E-state index >= 15 is 4.39 Å². The lowest BCUT2D eigenvalue weighted by atomic mass is 10.0. The van der Waals surface area contributed by atoms with Crippen molar-refractivity contribution in [2.24, 2.45) is 0 Å². The lowest BCUT2D eigenvalue weighted by Crippen LogP contribution is -2.51. The Bertz CT molecular complexity index is 1740. The van der Waals surface area contributed by atoms with Gasteiger partial charge in [-0.2, -0.15) is 23.1 Å². The van der Waals surface area contributed by atoms with Crippen LogP contribution < -0.4 is 15.4 Å². The van der Waals surface area contributed by atoms with Crippen LogP contribution in [-0.2, 0) is 15.7 Å². The van der Waals surface area contributed by atoms with Crippen molar-refractivity contribution in [1.82, 2.24) is 29.7 Å². The summed E-state index contributed by atoms with van der Waals surface area (Å²) in [4.78, 5) is 46.7. The molecule has 16 heteroatoms. The van der Waals surface area contributed by atoms with Gasteiger partial charge in [-0.1, -0.05) is 6.08 Å². The number of amides is 2. The van der Waals surface area contributed by atoms with Gasteiger partial charge < -0.3 is 29.9 Å². The van der Waals surface area contributed by atoms with E-state index in [1.54, 1.807) is 48.6 Å². The molecule has 2 saturated heterocycles. The molecule has 3 aromatic rings. The molecule has 2 fully saturated rings. The molecule has 3 aromatic heterocycles. The van der Waals surface area contributed by atoms with Crippen molar-refractivity contribution in [2.75, 3.05) is 44.4 Å². The minimum atomic E-state index is -4.85. The number of anilines is 2. The van der Waals surface area contributed by atoms with Crippen LogP contribution in [-0.4, -0.2) is 93.2 Å². The van der Waals surface area contributed by atoms with Crippen LogP contribution in [0.3, 0.4) is 0 Å². The Balaban J connectivity index is 1.38. The second-order valence-corrected chi connectivity index (χ2v) is 12.5. The molecular weight excluding hydrogens is 624 g/mol. The van der Waals surface area contributed by atoms with Crippen molar-refractivity contribution < 1.29 is 36.6 Å². The summed E-state index contributed by atoms with van der Waals surface area (Å²) in [6, 6.07) is 0.351. The van der Waals surface area contributed by atoms with Crippen LogP contribution in [0.15, 0.2) is 24.4 Å². The quantitative estimate of drug-likeness (QED) is 0.291. The van der Waals surface area contributed by atoms with Crippen molar-refractivity contribution in [3.05, 3.63) is 41.4 Å². The maximum absolute atomic E-state index is 16.1. The highest BCUT2D eigenvalue weighted by molar-refractivity contribution is 5.92. The number of ether oxygens (including phenoxy) is 2. The van der Waals surface area contributed by atoms with Crippen LogP contribution >= 0.6 is 0 Å². The third-order valence-electron chi connectivity index (χ3n) is 8.08. The van der Waals surface area contributed by atoms with Gasteiger partial charge in [-0.3, -0.25) is 9.78 Å². The fraction of sp³-hybridized carbons (Fsp3) is 0.484. The first kappa shape index (κ1) is 33.6. The zero-order valence-electron chi connectivity index (χ0n) is 26.9. The fourth-order valence-electron chi connectivity index (χ4n) is 5.66. The van der Waals surface area contributed by atoms with Gasteiger partial charge in [-0.15, -0.1) is 0 Å². The molecule has 2 amide bonds. The number of fused-ring (bicyclic) bond motifs is 1. The summed E-state index contributed by atoms with van der Waals surface area (Å²) in [5.41, 5.74) is 1.98. The van der Waals surface area contributed by atoms with E-state index in [0.717, 1.165) is 6.07 Å². The molecule has 2 aliphatic rings. The van der Waals surface area contributed by atoms with Gasteiger partial charge >= 0.3 is 18.3 Å². The van der Waals surface area contributed by atoms with Gasteiger partial charge in [-0.05, 0) is 52.2 Å². The fourth-order valence-corrected chi connectivity index (χ4v) is 5.66. The Kier molecular flexibility index (Phi) is 8.90. The van der Waals surface area contributed by atoms with E-state index in [-0.39, 0.29) is 52.1 Å². The number of rotatable bonds is 6. The number of nitrogen functional groups attached to an aromatic ring is 1. The van der Waals surface area contributed by atoms with E-state index in [9.17, 15) is 22.8 Å². The molecule has 0 saturated carbocycles. The summed E-state index contributed by atoms with van der Waals surface area (Å²) in [6.45, 7) is 7.85. The first-order valence-electron chi connectivity index (χ1n) is 14.9. The maximum atomic E-state index is 16.1. The SMILES string of the molecule is COc1nc(N(C)C2CCN(C(=O)/C=C/C3CCN3C(=O)OC(C)(C)C)C2)c2cnc(-c3nc(N)cc(C)c3C(F)(F)F)c(F)c2n1. The van der Waals surface area contributed by atoms with E-state index in [1.165, 1.54) is 26.3 Å². The zero-order chi connectivity index (χ0) is 34.4. The van der Waals surface area contributed by atoms with E-state index in [0.29, 0.717) is 32.5 Å². The van der Waals surface area contributed by atoms with E-state index < -0.39 is 40.6 Å². The first-order chi connectivity index (χ1) is 22.0. The highest BCUT2D eigenvalue weighted by Crippen LogP contribution is 2.41. The largest absolute Gasteiger partial charge is 0.467 e. The molecule has 0 bridgehead atoms. The van der Waals surface area contributed by atoms with Crippen molar-refractivity contribution in [3.63, 3.8) is 0 Å². The highest BCUT2D eigenvalue weighted by atomic mass is 19.4. The van der Waals surface area contributed by atoms with Gasteiger partial charge in [0.15, 0.2) is 5.82 Å². The number of alkyl halides is 3. The summed E-state index contributed by atoms with van der Waals surface area (Å²) >= 11 is 0. The van der Waals surface area contributed by atoms with Crippen molar-refractivity contribution in [1.29, 1.82) is 0 Å². The van der Waals surface area contributed by atoms with E-state index in [2.05, 4.69) is 19.9 Å². The molecule has 2 unspecified atom stereocenters. The number of aromatic nitrogens is 4. The smallest absolute Gasteiger partial charge is 0.418 e. The van der Waals surface area contributed by atoms with Crippen molar-refractivity contribution in [3.8, 4) is 17.4 Å². The summed E-state index contributed by atoms with van der Waals surface area (Å²) < 4.78 is 68.7. The van der Waals surface area contributed by atoms with Gasteiger partial charge in [0.1, 0.15) is 34.1 Å². The summed E-state index contributed by atoms with van der Waals surface area (Å²) in [5.74, 6) is -1.39. The van der Waals surface area contributed by atoms with Crippen molar-refractivity contribution in [2.45, 2.75) is 64.4 Å². The normalized spacial score (nSPS) is 18.5. The minimum Gasteiger partial charge on any atom is -0.467 e. The predicted octanol–water partition coefficient (Wildman–Crippen LogP) is 4.75. The number of aryl methyl sites for hydroxylation is 1. The second-order valence-electron chi connectivity index (χ2n) is 12.5. The summed E-state index contributed by atoms with van der Waals surface area (Å²) in [5, 5.41) is 0.126. The number of pyridine rings is 2. The highest BCUT2D eigenvalue weighted by Gasteiger charge is 2.39. The lowest BCUT2D eigenvalue weighted by Gasteiger charge is -2.39. The molecule has 5 heterocycles. The standard InChI is InChI=1S/C31H36F4N8O4/c1-16-13-20(36)38-25(22(16)31(33,34)35)26-23(32)24-19(14-37-26)27(40-28(39-24)46-6)41(5)18-9-11-42(15-18)21(44)8-7-17-10-12-43(17)29(45)47-30(2,3)4/h7-8,13-14,17-18H,9-12,15H2,1-6H3,(H2,36,38)/b8-7+. The zero-order valence-corrected chi connectivity index (χ0v) is 26.9. The molecule has 252 valence electrons. The molecule has 0 aliphatic carbocycles.